The smallest absolute Gasteiger partial charge is 0.123 e. The number of phenolic OH excluding ortho intramolecular Hbond substituents is 1. The van der Waals surface area contributed by atoms with Gasteiger partial charge in [-0.2, -0.15) is 5.26 Å². The molecular weight excluding hydrogens is 218 g/mol. The number of nitriles is 1. The lowest BCUT2D eigenvalue weighted by Gasteiger charge is -2.04. The Kier molecular flexibility index (Phi) is 2.67. The second kappa shape index (κ2) is 3.99. The number of phenols is 1. The summed E-state index contributed by atoms with van der Waals surface area (Å²) < 4.78 is 0. The molecule has 1 aromatic carbocycles. The van der Waals surface area contributed by atoms with Gasteiger partial charge in [-0.25, -0.2) is 0 Å². The summed E-state index contributed by atoms with van der Waals surface area (Å²) in [6, 6.07) is 9.04. The Bertz CT molecular complexity index is 578. The van der Waals surface area contributed by atoms with Gasteiger partial charge in [0.15, 0.2) is 0 Å². The van der Waals surface area contributed by atoms with Gasteiger partial charge < -0.3 is 5.11 Å². The number of rotatable bonds is 1. The van der Waals surface area contributed by atoms with Gasteiger partial charge in [-0.1, -0.05) is 0 Å². The third-order valence-electron chi connectivity index (χ3n) is 2.46. The third kappa shape index (κ3) is 1.80. The topological polar surface area (TPSA) is 44.0 Å². The molecule has 2 aromatic rings. The van der Waals surface area contributed by atoms with Crippen LogP contribution in [-0.4, -0.2) is 5.11 Å². The first-order chi connectivity index (χ1) is 7.61. The van der Waals surface area contributed by atoms with Crippen molar-refractivity contribution in [3.05, 3.63) is 39.6 Å². The molecule has 0 aliphatic carbocycles. The van der Waals surface area contributed by atoms with E-state index >= 15 is 0 Å². The van der Waals surface area contributed by atoms with Crippen molar-refractivity contribution in [1.82, 2.24) is 0 Å². The van der Waals surface area contributed by atoms with Crippen molar-refractivity contribution in [3.8, 4) is 22.9 Å². The van der Waals surface area contributed by atoms with Gasteiger partial charge in [0.1, 0.15) is 5.75 Å². The van der Waals surface area contributed by atoms with Gasteiger partial charge in [0.25, 0.3) is 0 Å². The van der Waals surface area contributed by atoms with Crippen LogP contribution < -0.4 is 0 Å². The molecule has 0 saturated heterocycles. The lowest BCUT2D eigenvalue weighted by atomic mass is 10.0. The van der Waals surface area contributed by atoms with Gasteiger partial charge in [0, 0.05) is 15.3 Å². The summed E-state index contributed by atoms with van der Waals surface area (Å²) in [5.74, 6) is 0.222. The van der Waals surface area contributed by atoms with E-state index in [0.717, 1.165) is 16.0 Å². The predicted octanol–water partition coefficient (Wildman–Crippen LogP) is 3.61. The van der Waals surface area contributed by atoms with Crippen molar-refractivity contribution in [2.75, 3.05) is 0 Å². The first-order valence-corrected chi connectivity index (χ1v) is 5.74. The molecule has 0 aliphatic rings. The molecule has 0 saturated carbocycles. The molecular formula is C13H11NOS. The van der Waals surface area contributed by atoms with Crippen LogP contribution >= 0.6 is 11.3 Å². The zero-order valence-corrected chi connectivity index (χ0v) is 9.93. The second-order valence-corrected chi connectivity index (χ2v) is 5.13. The summed E-state index contributed by atoms with van der Waals surface area (Å²) in [4.78, 5) is 2.36. The molecule has 0 radical (unpaired) electrons. The largest absolute Gasteiger partial charge is 0.507 e. The SMILES string of the molecule is Cc1cc(-c2cc(C#N)ccc2O)c(C)s1. The maximum atomic E-state index is 9.81. The average Bonchev–Trinajstić information content (AvgIpc) is 2.58. The van der Waals surface area contributed by atoms with E-state index in [-0.39, 0.29) is 5.75 Å². The molecule has 2 rings (SSSR count). The van der Waals surface area contributed by atoms with Gasteiger partial charge >= 0.3 is 0 Å². The molecule has 16 heavy (non-hydrogen) atoms. The lowest BCUT2D eigenvalue weighted by molar-refractivity contribution is 0.477. The zero-order valence-electron chi connectivity index (χ0n) is 9.11. The zero-order chi connectivity index (χ0) is 11.7. The predicted molar refractivity (Wildman–Crippen MR) is 65.6 cm³/mol. The van der Waals surface area contributed by atoms with Crippen molar-refractivity contribution < 1.29 is 5.11 Å². The molecule has 0 bridgehead atoms. The van der Waals surface area contributed by atoms with E-state index in [1.165, 1.54) is 4.88 Å². The monoisotopic (exact) mass is 229 g/mol. The van der Waals surface area contributed by atoms with Gasteiger partial charge in [-0.05, 0) is 43.7 Å². The normalized spacial score (nSPS) is 10.1. The summed E-state index contributed by atoms with van der Waals surface area (Å²) in [6.45, 7) is 4.05. The summed E-state index contributed by atoms with van der Waals surface area (Å²) >= 11 is 1.69. The van der Waals surface area contributed by atoms with Crippen molar-refractivity contribution in [3.63, 3.8) is 0 Å². The van der Waals surface area contributed by atoms with E-state index < -0.39 is 0 Å². The van der Waals surface area contributed by atoms with Gasteiger partial charge in [-0.3, -0.25) is 0 Å². The number of aryl methyl sites for hydroxylation is 2. The average molecular weight is 229 g/mol. The number of benzene rings is 1. The molecule has 0 aliphatic heterocycles. The lowest BCUT2D eigenvalue weighted by Crippen LogP contribution is -1.81. The number of thiophene rings is 1. The highest BCUT2D eigenvalue weighted by Gasteiger charge is 2.10. The molecule has 80 valence electrons. The Balaban J connectivity index is 2.64. The molecule has 0 fully saturated rings. The van der Waals surface area contributed by atoms with Crippen LogP contribution in [0.3, 0.4) is 0 Å². The number of hydrogen-bond acceptors (Lipinski definition) is 3. The maximum Gasteiger partial charge on any atom is 0.123 e. The van der Waals surface area contributed by atoms with E-state index in [2.05, 4.69) is 6.07 Å². The quantitative estimate of drug-likeness (QED) is 0.811. The fourth-order valence-corrected chi connectivity index (χ4v) is 2.66. The Hall–Kier alpha value is -1.79. The Morgan fingerprint density at radius 1 is 1.19 bits per heavy atom. The summed E-state index contributed by atoms with van der Waals surface area (Å²) in [7, 11) is 0. The van der Waals surface area contributed by atoms with Gasteiger partial charge in [0.2, 0.25) is 0 Å². The molecule has 2 nitrogen and oxygen atoms in total. The van der Waals surface area contributed by atoms with Crippen LogP contribution in [-0.2, 0) is 0 Å². The highest BCUT2D eigenvalue weighted by atomic mass is 32.1. The minimum Gasteiger partial charge on any atom is -0.507 e. The molecule has 0 atom stereocenters. The first-order valence-electron chi connectivity index (χ1n) is 4.92. The van der Waals surface area contributed by atoms with Gasteiger partial charge in [0.05, 0.1) is 11.6 Å². The molecule has 1 heterocycles. The van der Waals surface area contributed by atoms with Crippen LogP contribution in [0.2, 0.25) is 0 Å². The van der Waals surface area contributed by atoms with Crippen molar-refractivity contribution in [2.45, 2.75) is 13.8 Å². The van der Waals surface area contributed by atoms with E-state index in [1.54, 1.807) is 29.5 Å². The Morgan fingerprint density at radius 3 is 2.50 bits per heavy atom. The van der Waals surface area contributed by atoms with Crippen LogP contribution in [0.4, 0.5) is 0 Å². The maximum absolute atomic E-state index is 9.81. The number of hydrogen-bond donors (Lipinski definition) is 1. The van der Waals surface area contributed by atoms with Gasteiger partial charge in [-0.15, -0.1) is 11.3 Å². The van der Waals surface area contributed by atoms with Crippen molar-refractivity contribution in [2.24, 2.45) is 0 Å². The highest BCUT2D eigenvalue weighted by Crippen LogP contribution is 2.36. The fraction of sp³-hybridized carbons (Fsp3) is 0.154. The van der Waals surface area contributed by atoms with E-state index in [9.17, 15) is 5.11 Å². The van der Waals surface area contributed by atoms with Crippen LogP contribution in [0.1, 0.15) is 15.3 Å². The van der Waals surface area contributed by atoms with Crippen molar-refractivity contribution in [1.29, 1.82) is 5.26 Å². The number of nitrogens with zero attached hydrogens (tertiary/aromatic N) is 1. The fourth-order valence-electron chi connectivity index (χ4n) is 1.72. The minimum absolute atomic E-state index is 0.222. The van der Waals surface area contributed by atoms with E-state index in [1.807, 2.05) is 19.9 Å². The third-order valence-corrected chi connectivity index (χ3v) is 3.42. The standard InChI is InChI=1S/C13H11NOS/c1-8-5-11(9(2)16-8)12-6-10(7-14)3-4-13(12)15/h3-6,15H,1-2H3. The van der Waals surface area contributed by atoms with Crippen LogP contribution in [0.15, 0.2) is 24.3 Å². The van der Waals surface area contributed by atoms with E-state index in [4.69, 9.17) is 5.26 Å². The Labute approximate surface area is 98.4 Å². The summed E-state index contributed by atoms with van der Waals surface area (Å²) in [5, 5.41) is 18.7. The summed E-state index contributed by atoms with van der Waals surface area (Å²) in [6.07, 6.45) is 0. The first kappa shape index (κ1) is 10.7. The molecule has 1 N–H and O–H groups in total. The molecule has 0 spiro atoms. The highest BCUT2D eigenvalue weighted by molar-refractivity contribution is 7.12. The van der Waals surface area contributed by atoms with E-state index in [0.29, 0.717) is 5.56 Å². The molecule has 3 heteroatoms. The molecule has 1 aromatic heterocycles. The second-order valence-electron chi connectivity index (χ2n) is 3.67. The number of aromatic hydroxyl groups is 1. The molecule has 0 amide bonds. The van der Waals surface area contributed by atoms with Crippen molar-refractivity contribution >= 4 is 11.3 Å². The Morgan fingerprint density at radius 2 is 1.94 bits per heavy atom. The van der Waals surface area contributed by atoms with Crippen LogP contribution in [0.25, 0.3) is 11.1 Å². The summed E-state index contributed by atoms with van der Waals surface area (Å²) in [5.41, 5.74) is 2.31. The molecule has 0 unspecified atom stereocenters. The van der Waals surface area contributed by atoms with Crippen LogP contribution in [0, 0.1) is 25.2 Å². The van der Waals surface area contributed by atoms with Crippen LogP contribution in [0.5, 0.6) is 5.75 Å². The minimum atomic E-state index is 0.222.